The summed E-state index contributed by atoms with van der Waals surface area (Å²) in [6.45, 7) is 4.27. The molecule has 2 nitrogen and oxygen atoms in total. The molecular formula is C17H25NO. The van der Waals surface area contributed by atoms with E-state index in [1.165, 1.54) is 18.4 Å². The van der Waals surface area contributed by atoms with Crippen LogP contribution in [0.5, 0.6) is 0 Å². The minimum Gasteiger partial charge on any atom is -0.385 e. The van der Waals surface area contributed by atoms with Gasteiger partial charge in [-0.3, -0.25) is 0 Å². The van der Waals surface area contributed by atoms with E-state index in [9.17, 15) is 5.11 Å². The van der Waals surface area contributed by atoms with Gasteiger partial charge in [-0.15, -0.1) is 0 Å². The van der Waals surface area contributed by atoms with E-state index in [1.807, 2.05) is 0 Å². The Balaban J connectivity index is 2.03. The fraction of sp³-hybridized carbons (Fsp3) is 0.647. The van der Waals surface area contributed by atoms with Gasteiger partial charge < -0.3 is 10.0 Å². The summed E-state index contributed by atoms with van der Waals surface area (Å²) in [6.07, 6.45) is 5.64. The molecule has 0 amide bonds. The zero-order valence-corrected chi connectivity index (χ0v) is 12.2. The van der Waals surface area contributed by atoms with E-state index < -0.39 is 5.60 Å². The van der Waals surface area contributed by atoms with Crippen molar-refractivity contribution in [2.24, 2.45) is 5.41 Å². The zero-order valence-electron chi connectivity index (χ0n) is 12.2. The van der Waals surface area contributed by atoms with Gasteiger partial charge in [0.05, 0.1) is 5.60 Å². The van der Waals surface area contributed by atoms with Gasteiger partial charge in [-0.25, -0.2) is 0 Å². The number of hydrogen-bond donors (Lipinski definition) is 1. The third-order valence-electron chi connectivity index (χ3n) is 5.36. The normalized spacial score (nSPS) is 35.9. The van der Waals surface area contributed by atoms with E-state index in [-0.39, 0.29) is 5.41 Å². The third-order valence-corrected chi connectivity index (χ3v) is 5.36. The van der Waals surface area contributed by atoms with Gasteiger partial charge in [-0.05, 0) is 45.3 Å². The summed E-state index contributed by atoms with van der Waals surface area (Å²) in [4.78, 5) is 2.38. The molecule has 3 rings (SSSR count). The van der Waals surface area contributed by atoms with E-state index in [4.69, 9.17) is 0 Å². The molecule has 2 aliphatic rings. The predicted octanol–water partition coefficient (Wildman–Crippen LogP) is 3.08. The van der Waals surface area contributed by atoms with E-state index in [0.29, 0.717) is 0 Å². The lowest BCUT2D eigenvalue weighted by atomic mass is 9.60. The van der Waals surface area contributed by atoms with E-state index >= 15 is 0 Å². The molecule has 2 unspecified atom stereocenters. The number of rotatable bonds is 1. The number of benzene rings is 1. The van der Waals surface area contributed by atoms with Crippen LogP contribution < -0.4 is 0 Å². The minimum absolute atomic E-state index is 0.0772. The van der Waals surface area contributed by atoms with Gasteiger partial charge in [0.25, 0.3) is 0 Å². The second kappa shape index (κ2) is 4.60. The Kier molecular flexibility index (Phi) is 3.18. The summed E-state index contributed by atoms with van der Waals surface area (Å²) in [5.41, 5.74) is 1.84. The van der Waals surface area contributed by atoms with Crippen molar-refractivity contribution in [3.63, 3.8) is 0 Å². The molecule has 1 heterocycles. The summed E-state index contributed by atoms with van der Waals surface area (Å²) in [6, 6.07) is 8.51. The molecule has 1 spiro atoms. The average Bonchev–Trinajstić information content (AvgIpc) is 2.76. The summed E-state index contributed by atoms with van der Waals surface area (Å²) in [5.74, 6) is 0. The van der Waals surface area contributed by atoms with Gasteiger partial charge in [0, 0.05) is 12.0 Å². The maximum absolute atomic E-state index is 11.5. The molecule has 1 saturated carbocycles. The van der Waals surface area contributed by atoms with Crippen molar-refractivity contribution < 1.29 is 5.11 Å². The van der Waals surface area contributed by atoms with Gasteiger partial charge in [-0.2, -0.15) is 0 Å². The van der Waals surface area contributed by atoms with Gasteiger partial charge >= 0.3 is 0 Å². The van der Waals surface area contributed by atoms with E-state index in [1.54, 1.807) is 0 Å². The number of hydrogen-bond acceptors (Lipinski definition) is 2. The molecule has 104 valence electrons. The molecule has 1 aromatic carbocycles. The zero-order chi connectivity index (χ0) is 13.5. The van der Waals surface area contributed by atoms with Crippen LogP contribution in [0.3, 0.4) is 0 Å². The molecule has 0 bridgehead atoms. The quantitative estimate of drug-likeness (QED) is 0.838. The van der Waals surface area contributed by atoms with Gasteiger partial charge in [0.15, 0.2) is 0 Å². The maximum Gasteiger partial charge on any atom is 0.0965 e. The van der Waals surface area contributed by atoms with Crippen LogP contribution in [-0.2, 0) is 5.60 Å². The first-order chi connectivity index (χ1) is 9.06. The number of nitrogens with zero attached hydrogens (tertiary/aromatic N) is 1. The molecule has 2 fully saturated rings. The second-order valence-electron chi connectivity index (χ2n) is 6.70. The standard InChI is InChI=1S/C17H25NO/c1-14-6-5-7-15(12-14)17(19)9-4-3-8-16(17)10-11-18(2)13-16/h5-7,12,19H,3-4,8-11,13H2,1-2H3. The van der Waals surface area contributed by atoms with Crippen LogP contribution in [0.4, 0.5) is 0 Å². The molecule has 0 aromatic heterocycles. The first-order valence-corrected chi connectivity index (χ1v) is 7.54. The summed E-state index contributed by atoms with van der Waals surface area (Å²) < 4.78 is 0. The molecule has 1 aliphatic heterocycles. The van der Waals surface area contributed by atoms with Crippen LogP contribution in [0.2, 0.25) is 0 Å². The van der Waals surface area contributed by atoms with Crippen LogP contribution in [-0.4, -0.2) is 30.1 Å². The second-order valence-corrected chi connectivity index (χ2v) is 6.70. The Labute approximate surface area is 116 Å². The largest absolute Gasteiger partial charge is 0.385 e. The summed E-state index contributed by atoms with van der Waals surface area (Å²) in [7, 11) is 2.18. The van der Waals surface area contributed by atoms with Crippen LogP contribution in [0.15, 0.2) is 24.3 Å². The van der Waals surface area contributed by atoms with Crippen LogP contribution in [0, 0.1) is 12.3 Å². The van der Waals surface area contributed by atoms with Crippen LogP contribution in [0.25, 0.3) is 0 Å². The molecule has 19 heavy (non-hydrogen) atoms. The molecule has 1 saturated heterocycles. The van der Waals surface area contributed by atoms with E-state index in [2.05, 4.69) is 43.1 Å². The van der Waals surface area contributed by atoms with Crippen LogP contribution in [0.1, 0.15) is 43.2 Å². The Hall–Kier alpha value is -0.860. The molecule has 1 aliphatic carbocycles. The number of aliphatic hydroxyl groups is 1. The van der Waals surface area contributed by atoms with Gasteiger partial charge in [-0.1, -0.05) is 42.7 Å². The van der Waals surface area contributed by atoms with Crippen molar-refractivity contribution in [2.75, 3.05) is 20.1 Å². The highest BCUT2D eigenvalue weighted by Gasteiger charge is 2.54. The highest BCUT2D eigenvalue weighted by molar-refractivity contribution is 5.31. The monoisotopic (exact) mass is 259 g/mol. The van der Waals surface area contributed by atoms with Gasteiger partial charge in [0.1, 0.15) is 0 Å². The Morgan fingerprint density at radius 3 is 2.63 bits per heavy atom. The lowest BCUT2D eigenvalue weighted by molar-refractivity contribution is -0.116. The molecule has 1 N–H and O–H groups in total. The molecular weight excluding hydrogens is 234 g/mol. The van der Waals surface area contributed by atoms with Crippen LogP contribution >= 0.6 is 0 Å². The lowest BCUT2D eigenvalue weighted by Gasteiger charge is -2.49. The molecule has 2 atom stereocenters. The average molecular weight is 259 g/mol. The predicted molar refractivity (Wildman–Crippen MR) is 78.1 cm³/mol. The highest BCUT2D eigenvalue weighted by Crippen LogP contribution is 2.55. The minimum atomic E-state index is -0.623. The smallest absolute Gasteiger partial charge is 0.0965 e. The number of likely N-dealkylation sites (tertiary alicyclic amines) is 1. The van der Waals surface area contributed by atoms with Crippen molar-refractivity contribution in [3.8, 4) is 0 Å². The fourth-order valence-corrected chi connectivity index (χ4v) is 4.29. The summed E-state index contributed by atoms with van der Waals surface area (Å²) >= 11 is 0. The Morgan fingerprint density at radius 1 is 1.16 bits per heavy atom. The SMILES string of the molecule is Cc1cccc(C2(O)CCCCC23CCN(C)C3)c1. The molecule has 2 heteroatoms. The van der Waals surface area contributed by atoms with Gasteiger partial charge in [0.2, 0.25) is 0 Å². The highest BCUT2D eigenvalue weighted by atomic mass is 16.3. The Morgan fingerprint density at radius 2 is 1.95 bits per heavy atom. The molecule has 0 radical (unpaired) electrons. The van der Waals surface area contributed by atoms with Crippen molar-refractivity contribution in [3.05, 3.63) is 35.4 Å². The third kappa shape index (κ3) is 2.02. The lowest BCUT2D eigenvalue weighted by Crippen LogP contribution is -2.49. The van der Waals surface area contributed by atoms with Crippen molar-refractivity contribution in [1.82, 2.24) is 4.90 Å². The van der Waals surface area contributed by atoms with Crippen molar-refractivity contribution in [1.29, 1.82) is 0 Å². The van der Waals surface area contributed by atoms with E-state index in [0.717, 1.165) is 37.9 Å². The first kappa shape index (κ1) is 13.1. The first-order valence-electron chi connectivity index (χ1n) is 7.54. The van der Waals surface area contributed by atoms with Crippen molar-refractivity contribution in [2.45, 2.75) is 44.6 Å². The summed E-state index contributed by atoms with van der Waals surface area (Å²) in [5, 5.41) is 11.5. The fourth-order valence-electron chi connectivity index (χ4n) is 4.29. The number of aryl methyl sites for hydroxylation is 1. The Bertz CT molecular complexity index is 468. The maximum atomic E-state index is 11.5. The molecule has 1 aromatic rings. The topological polar surface area (TPSA) is 23.5 Å². The van der Waals surface area contributed by atoms with Crippen molar-refractivity contribution >= 4 is 0 Å².